The van der Waals surface area contributed by atoms with Gasteiger partial charge in [0.15, 0.2) is 0 Å². The fourth-order valence-corrected chi connectivity index (χ4v) is 1.33. The molecule has 0 aliphatic rings. The summed E-state index contributed by atoms with van der Waals surface area (Å²) in [6.07, 6.45) is 0.506. The summed E-state index contributed by atoms with van der Waals surface area (Å²) in [6, 6.07) is 0. The number of aromatic amines is 1. The maximum absolute atomic E-state index is 11.3. The van der Waals surface area contributed by atoms with Gasteiger partial charge in [0, 0.05) is 7.05 Å². The smallest absolute Gasteiger partial charge is 0.293 e. The van der Waals surface area contributed by atoms with Crippen LogP contribution in [-0.2, 0) is 13.5 Å². The van der Waals surface area contributed by atoms with Gasteiger partial charge in [-0.25, -0.2) is 0 Å². The molecule has 1 heterocycles. The van der Waals surface area contributed by atoms with Crippen LogP contribution in [0.5, 0.6) is 0 Å². The van der Waals surface area contributed by atoms with Crippen molar-refractivity contribution in [3.63, 3.8) is 0 Å². The summed E-state index contributed by atoms with van der Waals surface area (Å²) in [6.45, 7) is 3.88. The molecule has 0 saturated heterocycles. The SMILES string of the molecule is CC(C)Cc1[nH]n(C)c(=O)c1[N+](=O)[O-]. The summed E-state index contributed by atoms with van der Waals surface area (Å²) in [5.74, 6) is 0.270. The van der Waals surface area contributed by atoms with E-state index in [0.29, 0.717) is 12.1 Å². The molecule has 1 aromatic rings. The van der Waals surface area contributed by atoms with E-state index in [9.17, 15) is 14.9 Å². The monoisotopic (exact) mass is 199 g/mol. The zero-order chi connectivity index (χ0) is 10.9. The van der Waals surface area contributed by atoms with E-state index in [4.69, 9.17) is 0 Å². The summed E-state index contributed by atoms with van der Waals surface area (Å²) in [5.41, 5.74) is -0.510. The number of aryl methyl sites for hydroxylation is 1. The van der Waals surface area contributed by atoms with E-state index in [1.54, 1.807) is 0 Å². The molecule has 0 amide bonds. The van der Waals surface area contributed by atoms with Crippen molar-refractivity contribution in [2.45, 2.75) is 20.3 Å². The minimum Gasteiger partial charge on any atom is -0.293 e. The number of aromatic nitrogens is 2. The number of H-pyrrole nitrogens is 1. The molecule has 0 aliphatic heterocycles. The molecule has 78 valence electrons. The van der Waals surface area contributed by atoms with Gasteiger partial charge >= 0.3 is 11.2 Å². The summed E-state index contributed by atoms with van der Waals surface area (Å²) < 4.78 is 1.13. The highest BCUT2D eigenvalue weighted by Crippen LogP contribution is 2.14. The molecule has 1 N–H and O–H groups in total. The third-order valence-electron chi connectivity index (χ3n) is 1.89. The van der Waals surface area contributed by atoms with Crippen LogP contribution in [0.2, 0.25) is 0 Å². The first-order chi connectivity index (χ1) is 6.43. The molecule has 1 rings (SSSR count). The molecular formula is C8H13N3O3. The predicted octanol–water partition coefficient (Wildman–Crippen LogP) is 0.820. The standard InChI is InChI=1S/C8H13N3O3/c1-5(2)4-6-7(11(13)14)8(12)10(3)9-6/h5,9H,4H2,1-3H3. The summed E-state index contributed by atoms with van der Waals surface area (Å²) in [4.78, 5) is 21.3. The predicted molar refractivity (Wildman–Crippen MR) is 51.2 cm³/mol. The molecular weight excluding hydrogens is 186 g/mol. The van der Waals surface area contributed by atoms with Gasteiger partial charge in [0.1, 0.15) is 5.69 Å². The normalized spacial score (nSPS) is 10.9. The van der Waals surface area contributed by atoms with Crippen LogP contribution in [0.25, 0.3) is 0 Å². The van der Waals surface area contributed by atoms with Crippen molar-refractivity contribution in [3.05, 3.63) is 26.2 Å². The van der Waals surface area contributed by atoms with Gasteiger partial charge in [-0.1, -0.05) is 13.8 Å². The van der Waals surface area contributed by atoms with E-state index < -0.39 is 10.5 Å². The number of hydrogen-bond donors (Lipinski definition) is 1. The van der Waals surface area contributed by atoms with Crippen LogP contribution >= 0.6 is 0 Å². The number of nitrogens with zero attached hydrogens (tertiary/aromatic N) is 2. The lowest BCUT2D eigenvalue weighted by Gasteiger charge is -2.00. The Morgan fingerprint density at radius 3 is 2.57 bits per heavy atom. The summed E-state index contributed by atoms with van der Waals surface area (Å²) in [5, 5.41) is 13.3. The van der Waals surface area contributed by atoms with E-state index in [1.165, 1.54) is 7.05 Å². The number of nitro groups is 1. The molecule has 0 spiro atoms. The first-order valence-electron chi connectivity index (χ1n) is 4.35. The van der Waals surface area contributed by atoms with Crippen LogP contribution in [0, 0.1) is 16.0 Å². The molecule has 0 fully saturated rings. The van der Waals surface area contributed by atoms with Crippen LogP contribution in [0.4, 0.5) is 5.69 Å². The largest absolute Gasteiger partial charge is 0.355 e. The second kappa shape index (κ2) is 3.65. The van der Waals surface area contributed by atoms with Crippen molar-refractivity contribution in [1.29, 1.82) is 0 Å². The topological polar surface area (TPSA) is 80.9 Å². The van der Waals surface area contributed by atoms with Gasteiger partial charge in [-0.3, -0.25) is 24.7 Å². The number of rotatable bonds is 3. The Hall–Kier alpha value is -1.59. The lowest BCUT2D eigenvalue weighted by Crippen LogP contribution is -2.14. The molecule has 1 aromatic heterocycles. The number of hydrogen-bond acceptors (Lipinski definition) is 3. The Kier molecular flexibility index (Phi) is 2.73. The fourth-order valence-electron chi connectivity index (χ4n) is 1.33. The Bertz CT molecular complexity index is 402. The van der Waals surface area contributed by atoms with Crippen molar-refractivity contribution in [2.24, 2.45) is 13.0 Å². The van der Waals surface area contributed by atoms with Gasteiger partial charge in [-0.2, -0.15) is 0 Å². The van der Waals surface area contributed by atoms with Crippen molar-refractivity contribution in [1.82, 2.24) is 9.78 Å². The molecule has 0 bridgehead atoms. The van der Waals surface area contributed by atoms with E-state index in [1.807, 2.05) is 13.8 Å². The first kappa shape index (κ1) is 10.5. The Balaban J connectivity index is 3.22. The summed E-state index contributed by atoms with van der Waals surface area (Å²) >= 11 is 0. The van der Waals surface area contributed by atoms with Crippen LogP contribution in [0.3, 0.4) is 0 Å². The van der Waals surface area contributed by atoms with Gasteiger partial charge in [-0.05, 0) is 12.3 Å². The lowest BCUT2D eigenvalue weighted by molar-refractivity contribution is -0.386. The van der Waals surface area contributed by atoms with Gasteiger partial charge in [0.2, 0.25) is 0 Å². The average molecular weight is 199 g/mol. The second-order valence-electron chi connectivity index (χ2n) is 3.66. The van der Waals surface area contributed by atoms with Gasteiger partial charge in [0.25, 0.3) is 0 Å². The van der Waals surface area contributed by atoms with E-state index in [0.717, 1.165) is 4.68 Å². The van der Waals surface area contributed by atoms with Crippen molar-refractivity contribution < 1.29 is 4.92 Å². The van der Waals surface area contributed by atoms with Crippen LogP contribution in [0.1, 0.15) is 19.5 Å². The summed E-state index contributed by atoms with van der Waals surface area (Å²) in [7, 11) is 1.47. The highest BCUT2D eigenvalue weighted by Gasteiger charge is 2.23. The van der Waals surface area contributed by atoms with Gasteiger partial charge in [-0.15, -0.1) is 0 Å². The molecule has 0 saturated carbocycles. The third-order valence-corrected chi connectivity index (χ3v) is 1.89. The van der Waals surface area contributed by atoms with Crippen LogP contribution in [0.15, 0.2) is 4.79 Å². The molecule has 14 heavy (non-hydrogen) atoms. The molecule has 0 atom stereocenters. The highest BCUT2D eigenvalue weighted by atomic mass is 16.6. The molecule has 0 aromatic carbocycles. The highest BCUT2D eigenvalue weighted by molar-refractivity contribution is 5.32. The van der Waals surface area contributed by atoms with Gasteiger partial charge in [0.05, 0.1) is 4.92 Å². The van der Waals surface area contributed by atoms with E-state index in [-0.39, 0.29) is 11.6 Å². The van der Waals surface area contributed by atoms with Crippen molar-refractivity contribution in [3.8, 4) is 0 Å². The lowest BCUT2D eigenvalue weighted by atomic mass is 10.1. The Morgan fingerprint density at radius 1 is 1.57 bits per heavy atom. The van der Waals surface area contributed by atoms with Crippen LogP contribution in [-0.4, -0.2) is 14.7 Å². The zero-order valence-corrected chi connectivity index (χ0v) is 8.40. The molecule has 0 radical (unpaired) electrons. The van der Waals surface area contributed by atoms with Crippen molar-refractivity contribution >= 4 is 5.69 Å². The van der Waals surface area contributed by atoms with Gasteiger partial charge < -0.3 is 0 Å². The quantitative estimate of drug-likeness (QED) is 0.578. The number of nitrogens with one attached hydrogen (secondary N) is 1. The average Bonchev–Trinajstić information content (AvgIpc) is 2.26. The minimum atomic E-state index is -0.628. The molecule has 6 heteroatoms. The van der Waals surface area contributed by atoms with E-state index >= 15 is 0 Å². The maximum Gasteiger partial charge on any atom is 0.355 e. The molecule has 6 nitrogen and oxygen atoms in total. The van der Waals surface area contributed by atoms with E-state index in [2.05, 4.69) is 5.10 Å². The second-order valence-corrected chi connectivity index (χ2v) is 3.66. The Morgan fingerprint density at radius 2 is 2.14 bits per heavy atom. The van der Waals surface area contributed by atoms with Crippen LogP contribution < -0.4 is 5.56 Å². The first-order valence-corrected chi connectivity index (χ1v) is 4.35. The fraction of sp³-hybridized carbons (Fsp3) is 0.625. The minimum absolute atomic E-state index is 0.270. The third kappa shape index (κ3) is 1.84. The zero-order valence-electron chi connectivity index (χ0n) is 8.40. The molecule has 0 aliphatic carbocycles. The Labute approximate surface area is 80.7 Å². The maximum atomic E-state index is 11.3. The van der Waals surface area contributed by atoms with Crippen molar-refractivity contribution in [2.75, 3.05) is 0 Å². The molecule has 0 unspecified atom stereocenters.